The molecule has 1 aliphatic rings. The van der Waals surface area contributed by atoms with Gasteiger partial charge in [0, 0.05) is 19.5 Å². The molecule has 0 bridgehead atoms. The van der Waals surface area contributed by atoms with Crippen molar-refractivity contribution in [2.24, 2.45) is 11.3 Å². The van der Waals surface area contributed by atoms with Crippen LogP contribution >= 0.6 is 0 Å². The second kappa shape index (κ2) is 4.21. The van der Waals surface area contributed by atoms with E-state index in [0.717, 1.165) is 0 Å². The first-order valence-electron chi connectivity index (χ1n) is 5.30. The summed E-state index contributed by atoms with van der Waals surface area (Å²) >= 11 is 0. The first-order chi connectivity index (χ1) is 6.79. The molecule has 1 unspecified atom stereocenters. The maximum Gasteiger partial charge on any atom is 0.307 e. The van der Waals surface area contributed by atoms with Crippen LogP contribution in [0.4, 0.5) is 0 Å². The van der Waals surface area contributed by atoms with Crippen molar-refractivity contribution in [2.45, 2.75) is 33.6 Å². The molecular weight excluding hydrogens is 194 g/mol. The second-order valence-electron chi connectivity index (χ2n) is 5.40. The number of carboxylic acids is 1. The molecule has 0 aromatic rings. The quantitative estimate of drug-likeness (QED) is 0.753. The molecule has 0 aliphatic carbocycles. The summed E-state index contributed by atoms with van der Waals surface area (Å²) in [7, 11) is 0. The zero-order valence-electron chi connectivity index (χ0n) is 9.62. The Morgan fingerprint density at radius 1 is 1.53 bits per heavy atom. The lowest BCUT2D eigenvalue weighted by atomic mass is 9.91. The van der Waals surface area contributed by atoms with Crippen LogP contribution in [0.3, 0.4) is 0 Å². The van der Waals surface area contributed by atoms with Crippen LogP contribution in [0.15, 0.2) is 0 Å². The Morgan fingerprint density at radius 3 is 2.53 bits per heavy atom. The molecule has 1 fully saturated rings. The first kappa shape index (κ1) is 12.0. The third kappa shape index (κ3) is 3.53. The average molecular weight is 213 g/mol. The Hall–Kier alpha value is -1.06. The molecule has 4 nitrogen and oxygen atoms in total. The normalized spacial score (nSPS) is 23.0. The number of hydrogen-bond donors (Lipinski definition) is 1. The molecule has 86 valence electrons. The van der Waals surface area contributed by atoms with E-state index in [4.69, 9.17) is 5.11 Å². The highest BCUT2D eigenvalue weighted by Crippen LogP contribution is 2.23. The van der Waals surface area contributed by atoms with Crippen LogP contribution in [0.1, 0.15) is 33.6 Å². The summed E-state index contributed by atoms with van der Waals surface area (Å²) < 4.78 is 0. The van der Waals surface area contributed by atoms with E-state index in [2.05, 4.69) is 20.8 Å². The molecule has 0 saturated carbocycles. The summed E-state index contributed by atoms with van der Waals surface area (Å²) in [6, 6.07) is 0. The lowest BCUT2D eigenvalue weighted by Gasteiger charge is -2.34. The Morgan fingerprint density at radius 2 is 2.13 bits per heavy atom. The van der Waals surface area contributed by atoms with Gasteiger partial charge in [-0.2, -0.15) is 0 Å². The van der Waals surface area contributed by atoms with E-state index in [1.165, 1.54) is 0 Å². The predicted octanol–water partition coefficient (Wildman–Crippen LogP) is 1.36. The van der Waals surface area contributed by atoms with Gasteiger partial charge >= 0.3 is 5.97 Å². The number of carboxylic acid groups (broad SMARTS) is 1. The van der Waals surface area contributed by atoms with Gasteiger partial charge in [0.1, 0.15) is 0 Å². The number of rotatable bonds is 2. The molecule has 1 atom stereocenters. The molecule has 15 heavy (non-hydrogen) atoms. The Balaban J connectivity index is 2.53. The lowest BCUT2D eigenvalue weighted by Crippen LogP contribution is -2.44. The number of amides is 1. The Labute approximate surface area is 90.3 Å². The van der Waals surface area contributed by atoms with Gasteiger partial charge in [-0.3, -0.25) is 9.59 Å². The third-order valence-corrected chi connectivity index (χ3v) is 2.54. The van der Waals surface area contributed by atoms with Crippen molar-refractivity contribution >= 4 is 11.9 Å². The molecule has 1 amide bonds. The number of carbonyl (C=O) groups excluding carboxylic acids is 1. The van der Waals surface area contributed by atoms with Crippen LogP contribution in [-0.4, -0.2) is 35.0 Å². The van der Waals surface area contributed by atoms with Crippen LogP contribution in [-0.2, 0) is 9.59 Å². The van der Waals surface area contributed by atoms with Crippen molar-refractivity contribution in [2.75, 3.05) is 13.1 Å². The van der Waals surface area contributed by atoms with E-state index in [0.29, 0.717) is 19.5 Å². The SMILES string of the molecule is CC(C)(C)CN1CCC(C(=O)O)CC1=O. The fraction of sp³-hybridized carbons (Fsp3) is 0.818. The van der Waals surface area contributed by atoms with Gasteiger partial charge in [-0.1, -0.05) is 20.8 Å². The number of nitrogens with zero attached hydrogens (tertiary/aromatic N) is 1. The number of aliphatic carboxylic acids is 1. The minimum atomic E-state index is -0.848. The number of likely N-dealkylation sites (tertiary alicyclic amines) is 1. The highest BCUT2D eigenvalue weighted by atomic mass is 16.4. The fourth-order valence-corrected chi connectivity index (χ4v) is 1.83. The Bertz CT molecular complexity index is 267. The molecule has 0 aromatic heterocycles. The predicted molar refractivity (Wildman–Crippen MR) is 56.4 cm³/mol. The fourth-order valence-electron chi connectivity index (χ4n) is 1.83. The van der Waals surface area contributed by atoms with Gasteiger partial charge in [-0.15, -0.1) is 0 Å². The van der Waals surface area contributed by atoms with Crippen molar-refractivity contribution in [1.82, 2.24) is 4.90 Å². The molecule has 1 heterocycles. The van der Waals surface area contributed by atoms with Gasteiger partial charge in [0.15, 0.2) is 0 Å². The van der Waals surface area contributed by atoms with Crippen LogP contribution in [0.5, 0.6) is 0 Å². The van der Waals surface area contributed by atoms with Crippen molar-refractivity contribution < 1.29 is 14.7 Å². The lowest BCUT2D eigenvalue weighted by molar-refractivity contribution is -0.150. The summed E-state index contributed by atoms with van der Waals surface area (Å²) in [5.41, 5.74) is 0.0751. The topological polar surface area (TPSA) is 57.6 Å². The minimum absolute atomic E-state index is 0.0245. The van der Waals surface area contributed by atoms with Gasteiger partial charge in [0.05, 0.1) is 5.92 Å². The average Bonchev–Trinajstić information content (AvgIpc) is 2.05. The molecule has 0 aromatic carbocycles. The smallest absolute Gasteiger partial charge is 0.307 e. The number of carbonyl (C=O) groups is 2. The van der Waals surface area contributed by atoms with Gasteiger partial charge < -0.3 is 10.0 Å². The molecule has 1 saturated heterocycles. The Kier molecular flexibility index (Phi) is 3.37. The molecular formula is C11H19NO3. The van der Waals surface area contributed by atoms with Crippen molar-refractivity contribution in [3.05, 3.63) is 0 Å². The van der Waals surface area contributed by atoms with E-state index in [1.807, 2.05) is 0 Å². The number of piperidine rings is 1. The van der Waals surface area contributed by atoms with Crippen molar-refractivity contribution in [1.29, 1.82) is 0 Å². The molecule has 1 aliphatic heterocycles. The first-order valence-corrected chi connectivity index (χ1v) is 5.30. The van der Waals surface area contributed by atoms with Gasteiger partial charge in [-0.25, -0.2) is 0 Å². The van der Waals surface area contributed by atoms with Crippen LogP contribution in [0.25, 0.3) is 0 Å². The van der Waals surface area contributed by atoms with E-state index in [1.54, 1.807) is 4.90 Å². The van der Waals surface area contributed by atoms with Gasteiger partial charge in [0.2, 0.25) is 5.91 Å². The summed E-state index contributed by atoms with van der Waals surface area (Å²) in [6.07, 6.45) is 0.739. The van der Waals surface area contributed by atoms with Gasteiger partial charge in [0.25, 0.3) is 0 Å². The maximum atomic E-state index is 11.6. The van der Waals surface area contributed by atoms with Crippen LogP contribution in [0.2, 0.25) is 0 Å². The maximum absolute atomic E-state index is 11.6. The highest BCUT2D eigenvalue weighted by molar-refractivity contribution is 5.83. The molecule has 0 spiro atoms. The summed E-state index contributed by atoms with van der Waals surface area (Å²) in [4.78, 5) is 24.1. The molecule has 0 radical (unpaired) electrons. The standard InChI is InChI=1S/C11H19NO3/c1-11(2,3)7-12-5-4-8(10(14)15)6-9(12)13/h8H,4-7H2,1-3H3,(H,14,15). The third-order valence-electron chi connectivity index (χ3n) is 2.54. The molecule has 1 rings (SSSR count). The monoisotopic (exact) mass is 213 g/mol. The van der Waals surface area contributed by atoms with E-state index in [9.17, 15) is 9.59 Å². The summed E-state index contributed by atoms with van der Waals surface area (Å²) in [5.74, 6) is -1.35. The second-order valence-corrected chi connectivity index (χ2v) is 5.40. The van der Waals surface area contributed by atoms with Crippen LogP contribution in [0, 0.1) is 11.3 Å². The van der Waals surface area contributed by atoms with Crippen molar-refractivity contribution in [3.8, 4) is 0 Å². The van der Waals surface area contributed by atoms with Crippen LogP contribution < -0.4 is 0 Å². The largest absolute Gasteiger partial charge is 0.481 e. The van der Waals surface area contributed by atoms with E-state index >= 15 is 0 Å². The minimum Gasteiger partial charge on any atom is -0.481 e. The zero-order valence-corrected chi connectivity index (χ0v) is 9.62. The van der Waals surface area contributed by atoms with E-state index in [-0.39, 0.29) is 17.7 Å². The van der Waals surface area contributed by atoms with E-state index < -0.39 is 11.9 Å². The zero-order chi connectivity index (χ0) is 11.6. The van der Waals surface area contributed by atoms with Crippen molar-refractivity contribution in [3.63, 3.8) is 0 Å². The summed E-state index contributed by atoms with van der Waals surface area (Å²) in [6.45, 7) is 7.50. The molecule has 4 heteroatoms. The molecule has 1 N–H and O–H groups in total. The highest BCUT2D eigenvalue weighted by Gasteiger charge is 2.31. The summed E-state index contributed by atoms with van der Waals surface area (Å²) in [5, 5.41) is 8.80. The number of hydrogen-bond acceptors (Lipinski definition) is 2. The van der Waals surface area contributed by atoms with Gasteiger partial charge in [-0.05, 0) is 11.8 Å².